The molecule has 4 N–H and O–H groups in total. The highest BCUT2D eigenvalue weighted by molar-refractivity contribution is 6.34. The fourth-order valence-electron chi connectivity index (χ4n) is 3.98. The van der Waals surface area contributed by atoms with Gasteiger partial charge in [0.25, 0.3) is 17.7 Å². The largest absolute Gasteiger partial charge is 0.478 e. The monoisotopic (exact) mass is 677 g/mol. The van der Waals surface area contributed by atoms with E-state index in [1.165, 1.54) is 72.8 Å². The van der Waals surface area contributed by atoms with Crippen molar-refractivity contribution in [1.29, 1.82) is 0 Å². The Morgan fingerprint density at radius 3 is 1.60 bits per heavy atom. The van der Waals surface area contributed by atoms with Crippen LogP contribution in [0, 0.1) is 6.92 Å². The second-order valence-electron chi connectivity index (χ2n) is 9.79. The van der Waals surface area contributed by atoms with Gasteiger partial charge in [-0.3, -0.25) is 25.2 Å². The third kappa shape index (κ3) is 8.93. The number of carbonyl (C=O) groups excluding carboxylic acids is 5. The van der Waals surface area contributed by atoms with Gasteiger partial charge in [-0.05, 0) is 67.6 Å². The lowest BCUT2D eigenvalue weighted by Crippen LogP contribution is -2.54. The minimum atomic E-state index is -2.39. The van der Waals surface area contributed by atoms with Crippen LogP contribution in [-0.4, -0.2) is 52.9 Å². The van der Waals surface area contributed by atoms with Crippen molar-refractivity contribution in [3.63, 3.8) is 0 Å². The first-order valence-corrected chi connectivity index (χ1v) is 14.4. The number of aliphatic carboxylic acids is 1. The first-order valence-electron chi connectivity index (χ1n) is 13.7. The molecule has 0 aliphatic rings. The number of esters is 2. The third-order valence-corrected chi connectivity index (χ3v) is 7.11. The minimum absolute atomic E-state index is 0.0307. The van der Waals surface area contributed by atoms with Crippen LogP contribution in [-0.2, 0) is 19.1 Å². The molecule has 0 aliphatic carbocycles. The van der Waals surface area contributed by atoms with Crippen molar-refractivity contribution >= 4 is 64.5 Å². The van der Waals surface area contributed by atoms with E-state index in [0.29, 0.717) is 11.3 Å². The van der Waals surface area contributed by atoms with E-state index in [1.807, 2.05) is 12.3 Å². The maximum absolute atomic E-state index is 13.2. The summed E-state index contributed by atoms with van der Waals surface area (Å²) in [6.45, 7) is 1.89. The Labute approximate surface area is 277 Å². The normalized spacial score (nSPS) is 11.7. The van der Waals surface area contributed by atoms with Gasteiger partial charge in [0.2, 0.25) is 12.2 Å². The number of carboxylic acids is 1. The quantitative estimate of drug-likeness (QED) is 0.135. The number of carbonyl (C=O) groups is 6. The lowest BCUT2D eigenvalue weighted by Gasteiger charge is -2.24. The lowest BCUT2D eigenvalue weighted by atomic mass is 10.1. The van der Waals surface area contributed by atoms with Gasteiger partial charge in [-0.1, -0.05) is 65.2 Å². The van der Waals surface area contributed by atoms with Crippen molar-refractivity contribution in [3.8, 4) is 0 Å². The van der Waals surface area contributed by atoms with Gasteiger partial charge in [-0.25, -0.2) is 14.4 Å². The molecule has 240 valence electrons. The average molecular weight is 678 g/mol. The second-order valence-corrected chi connectivity index (χ2v) is 10.6. The second kappa shape index (κ2) is 15.5. The Hall–Kier alpha value is -5.72. The van der Waals surface area contributed by atoms with E-state index < -0.39 is 41.9 Å². The number of anilines is 1. The molecule has 47 heavy (non-hydrogen) atoms. The van der Waals surface area contributed by atoms with Crippen molar-refractivity contribution in [2.24, 2.45) is 0 Å². The van der Waals surface area contributed by atoms with Crippen LogP contribution in [0.5, 0.6) is 0 Å². The zero-order valence-electron chi connectivity index (χ0n) is 24.4. The number of aryl methyl sites for hydroxylation is 1. The van der Waals surface area contributed by atoms with Gasteiger partial charge in [0.05, 0.1) is 21.2 Å². The Balaban J connectivity index is 1.48. The number of halogens is 2. The number of hydrogen-bond acceptors (Lipinski definition) is 8. The van der Waals surface area contributed by atoms with E-state index in [2.05, 4.69) is 10.7 Å². The van der Waals surface area contributed by atoms with Crippen LogP contribution in [0.2, 0.25) is 10.0 Å². The molecule has 0 fully saturated rings. The molecule has 0 saturated carbocycles. The predicted octanol–water partition coefficient (Wildman–Crippen LogP) is 4.85. The molecule has 0 radical (unpaired) electrons. The molecule has 3 amide bonds. The first kappa shape index (κ1) is 34.2. The van der Waals surface area contributed by atoms with Gasteiger partial charge in [0, 0.05) is 16.8 Å². The Bertz CT molecular complexity index is 1830. The SMILES string of the molecule is Cc1ccc(C(=O)Nc2ccc(C(=O)NNC(=O)[C@H](OC(=O)c3ccccc3Cl)[C@H](OC(=O)c3ccccc3Cl)C(=O)O)cc2)cc1. The molecule has 0 heterocycles. The number of hydrazine groups is 1. The van der Waals surface area contributed by atoms with Gasteiger partial charge in [-0.2, -0.15) is 0 Å². The van der Waals surface area contributed by atoms with Crippen LogP contribution in [0.25, 0.3) is 0 Å². The summed E-state index contributed by atoms with van der Waals surface area (Å²) in [5.74, 6) is -6.88. The van der Waals surface area contributed by atoms with Crippen molar-refractivity contribution in [1.82, 2.24) is 10.9 Å². The average Bonchev–Trinajstić information content (AvgIpc) is 3.05. The van der Waals surface area contributed by atoms with Crippen molar-refractivity contribution < 1.29 is 43.3 Å². The van der Waals surface area contributed by atoms with E-state index in [0.717, 1.165) is 5.56 Å². The third-order valence-electron chi connectivity index (χ3n) is 6.45. The van der Waals surface area contributed by atoms with Crippen molar-refractivity contribution in [2.45, 2.75) is 19.1 Å². The molecule has 0 aromatic heterocycles. The minimum Gasteiger partial charge on any atom is -0.478 e. The van der Waals surface area contributed by atoms with Crippen LogP contribution in [0.1, 0.15) is 47.0 Å². The number of amides is 3. The van der Waals surface area contributed by atoms with Gasteiger partial charge < -0.3 is 19.9 Å². The van der Waals surface area contributed by atoms with E-state index >= 15 is 0 Å². The van der Waals surface area contributed by atoms with E-state index in [4.69, 9.17) is 32.7 Å². The summed E-state index contributed by atoms with van der Waals surface area (Å²) in [4.78, 5) is 76.5. The van der Waals surface area contributed by atoms with Crippen LogP contribution < -0.4 is 16.2 Å². The van der Waals surface area contributed by atoms with E-state index in [9.17, 15) is 33.9 Å². The zero-order valence-corrected chi connectivity index (χ0v) is 25.9. The van der Waals surface area contributed by atoms with Gasteiger partial charge >= 0.3 is 17.9 Å². The van der Waals surface area contributed by atoms with Crippen LogP contribution >= 0.6 is 23.2 Å². The zero-order chi connectivity index (χ0) is 34.1. The maximum Gasteiger partial charge on any atom is 0.349 e. The highest BCUT2D eigenvalue weighted by atomic mass is 35.5. The molecule has 4 aromatic carbocycles. The van der Waals surface area contributed by atoms with Gasteiger partial charge in [-0.15, -0.1) is 0 Å². The molecule has 12 nitrogen and oxygen atoms in total. The molecule has 4 rings (SSSR count). The summed E-state index contributed by atoms with van der Waals surface area (Å²) in [6.07, 6.45) is -4.71. The van der Waals surface area contributed by atoms with Crippen LogP contribution in [0.15, 0.2) is 97.1 Å². The van der Waals surface area contributed by atoms with Gasteiger partial charge in [0.15, 0.2) is 0 Å². The van der Waals surface area contributed by atoms with E-state index in [-0.39, 0.29) is 32.6 Å². The fraction of sp³-hybridized carbons (Fsp3) is 0.0909. The highest BCUT2D eigenvalue weighted by Gasteiger charge is 2.41. The molecule has 4 aromatic rings. The Morgan fingerprint density at radius 2 is 1.09 bits per heavy atom. The summed E-state index contributed by atoms with van der Waals surface area (Å²) >= 11 is 12.1. The first-order chi connectivity index (χ1) is 22.4. The van der Waals surface area contributed by atoms with Crippen LogP contribution in [0.4, 0.5) is 5.69 Å². The number of carboxylic acid groups (broad SMARTS) is 1. The standard InChI is InChI=1S/C33H25Cl2N3O9/c1-18-10-12-19(13-11-18)28(39)36-21-16-14-20(15-17-21)29(40)37-38-30(41)26(46-32(44)22-6-2-4-8-24(22)34)27(31(42)43)47-33(45)23-7-3-5-9-25(23)35/h2-17,26-27H,1H3,(H,36,39)(H,37,40)(H,38,41)(H,42,43)/t26-,27+/m1/s1. The lowest BCUT2D eigenvalue weighted by molar-refractivity contribution is -0.159. The molecule has 0 bridgehead atoms. The number of rotatable bonds is 10. The Morgan fingerprint density at radius 1 is 0.617 bits per heavy atom. The summed E-state index contributed by atoms with van der Waals surface area (Å²) in [7, 11) is 0. The van der Waals surface area contributed by atoms with Crippen molar-refractivity contribution in [3.05, 3.63) is 135 Å². The smallest absolute Gasteiger partial charge is 0.349 e. The highest BCUT2D eigenvalue weighted by Crippen LogP contribution is 2.21. The number of benzene rings is 4. The summed E-state index contributed by atoms with van der Waals surface area (Å²) < 4.78 is 10.2. The molecule has 0 unspecified atom stereocenters. The molecule has 0 spiro atoms. The number of nitrogens with one attached hydrogen (secondary N) is 3. The fourth-order valence-corrected chi connectivity index (χ4v) is 4.41. The molecular formula is C33H25Cl2N3O9. The number of hydrogen-bond donors (Lipinski definition) is 4. The maximum atomic E-state index is 13.2. The van der Waals surface area contributed by atoms with E-state index in [1.54, 1.807) is 24.3 Å². The topological polar surface area (TPSA) is 177 Å². The molecule has 14 heteroatoms. The molecule has 0 saturated heterocycles. The predicted molar refractivity (Wildman–Crippen MR) is 170 cm³/mol. The van der Waals surface area contributed by atoms with Crippen LogP contribution in [0.3, 0.4) is 0 Å². The van der Waals surface area contributed by atoms with Gasteiger partial charge in [0.1, 0.15) is 0 Å². The summed E-state index contributed by atoms with van der Waals surface area (Å²) in [5.41, 5.74) is 5.47. The summed E-state index contributed by atoms with van der Waals surface area (Å²) in [6, 6.07) is 23.7. The molecule has 0 aliphatic heterocycles. The summed E-state index contributed by atoms with van der Waals surface area (Å²) in [5, 5.41) is 12.5. The molecular weight excluding hydrogens is 653 g/mol. The molecule has 2 atom stereocenters. The number of ether oxygens (including phenoxy) is 2. The Kier molecular flexibility index (Phi) is 11.3. The van der Waals surface area contributed by atoms with Crippen molar-refractivity contribution in [2.75, 3.05) is 5.32 Å².